The van der Waals surface area contributed by atoms with Crippen LogP contribution < -0.4 is 5.32 Å². The van der Waals surface area contributed by atoms with Gasteiger partial charge in [-0.05, 0) is 38.8 Å². The number of rotatable bonds is 7. The molecule has 0 aromatic carbocycles. The van der Waals surface area contributed by atoms with Crippen LogP contribution in [0.25, 0.3) is 0 Å². The number of hydrogen-bond acceptors (Lipinski definition) is 4. The zero-order valence-corrected chi connectivity index (χ0v) is 13.4. The number of hydrogen-bond donors (Lipinski definition) is 1. The molecule has 2 fully saturated rings. The minimum absolute atomic E-state index is 0.0100. The van der Waals surface area contributed by atoms with E-state index in [0.717, 1.165) is 25.9 Å². The lowest BCUT2D eigenvalue weighted by Gasteiger charge is -2.27. The first-order chi connectivity index (χ1) is 10.2. The summed E-state index contributed by atoms with van der Waals surface area (Å²) in [5.41, 5.74) is 0. The first-order valence-corrected chi connectivity index (χ1v) is 8.49. The van der Waals surface area contributed by atoms with Gasteiger partial charge in [0.2, 0.25) is 11.8 Å². The van der Waals surface area contributed by atoms with Gasteiger partial charge in [-0.1, -0.05) is 20.3 Å². The van der Waals surface area contributed by atoms with Gasteiger partial charge >= 0.3 is 0 Å². The van der Waals surface area contributed by atoms with E-state index in [1.807, 2.05) is 13.8 Å². The summed E-state index contributed by atoms with van der Waals surface area (Å²) in [6.45, 7) is 8.17. The van der Waals surface area contributed by atoms with Crippen molar-refractivity contribution in [1.29, 1.82) is 0 Å². The Hall–Kier alpha value is -0.940. The molecule has 5 nitrogen and oxygen atoms in total. The van der Waals surface area contributed by atoms with E-state index in [9.17, 15) is 9.59 Å². The summed E-state index contributed by atoms with van der Waals surface area (Å²) in [5.74, 6) is -0.0310. The molecule has 5 heteroatoms. The second-order valence-corrected chi connectivity index (χ2v) is 6.19. The third-order valence-electron chi connectivity index (χ3n) is 4.76. The van der Waals surface area contributed by atoms with E-state index < -0.39 is 0 Å². The van der Waals surface area contributed by atoms with Crippen LogP contribution in [-0.4, -0.2) is 59.9 Å². The number of nitrogens with zero attached hydrogens (tertiary/aromatic N) is 2. The predicted octanol–water partition coefficient (Wildman–Crippen LogP) is 1.38. The van der Waals surface area contributed by atoms with Crippen molar-refractivity contribution in [2.45, 2.75) is 64.5 Å². The second-order valence-electron chi connectivity index (χ2n) is 6.19. The molecule has 2 aliphatic heterocycles. The Morgan fingerprint density at radius 1 is 1.14 bits per heavy atom. The third-order valence-corrected chi connectivity index (χ3v) is 4.76. The first-order valence-electron chi connectivity index (χ1n) is 8.49. The van der Waals surface area contributed by atoms with Gasteiger partial charge in [-0.25, -0.2) is 0 Å². The topological polar surface area (TPSA) is 52.7 Å². The molecule has 0 radical (unpaired) electrons. The summed E-state index contributed by atoms with van der Waals surface area (Å²) in [6, 6.07) is -0.234. The van der Waals surface area contributed by atoms with Crippen LogP contribution in [0.3, 0.4) is 0 Å². The predicted molar refractivity (Wildman–Crippen MR) is 82.9 cm³/mol. The maximum Gasteiger partial charge on any atom is 0.247 e. The summed E-state index contributed by atoms with van der Waals surface area (Å²) in [4.78, 5) is 28.4. The normalized spacial score (nSPS) is 24.3. The van der Waals surface area contributed by atoms with Gasteiger partial charge in [0.15, 0.2) is 0 Å². The average molecular weight is 295 g/mol. The van der Waals surface area contributed by atoms with Crippen molar-refractivity contribution >= 4 is 11.8 Å². The Morgan fingerprint density at radius 2 is 1.81 bits per heavy atom. The standard InChI is InChI=1S/C16H29N3O2/c1-3-13(4-2)19-15(20)12-14(16(19)21)17-8-11-18-9-6-5-7-10-18/h13-14,17H,3-12H2,1-2H3. The third kappa shape index (κ3) is 4.04. The Kier molecular flexibility index (Phi) is 6.18. The molecule has 0 saturated carbocycles. The molecule has 0 spiro atoms. The SMILES string of the molecule is CCC(CC)N1C(=O)CC(NCCN2CCCCC2)C1=O. The molecule has 0 bridgehead atoms. The molecule has 2 saturated heterocycles. The molecular formula is C16H29N3O2. The summed E-state index contributed by atoms with van der Waals surface area (Å²) in [7, 11) is 0. The zero-order valence-electron chi connectivity index (χ0n) is 13.4. The van der Waals surface area contributed by atoms with E-state index in [1.54, 1.807) is 0 Å². The van der Waals surface area contributed by atoms with E-state index in [-0.39, 0.29) is 23.9 Å². The number of nitrogens with one attached hydrogen (secondary N) is 1. The molecule has 0 aromatic rings. The van der Waals surface area contributed by atoms with Crippen LogP contribution in [0.2, 0.25) is 0 Å². The maximum absolute atomic E-state index is 12.4. The molecule has 2 aliphatic rings. The quantitative estimate of drug-likeness (QED) is 0.721. The van der Waals surface area contributed by atoms with Crippen molar-refractivity contribution in [2.75, 3.05) is 26.2 Å². The molecular weight excluding hydrogens is 266 g/mol. The fourth-order valence-corrected chi connectivity index (χ4v) is 3.43. The molecule has 1 unspecified atom stereocenters. The Bertz CT molecular complexity index is 363. The number of amides is 2. The average Bonchev–Trinajstić information content (AvgIpc) is 2.78. The monoisotopic (exact) mass is 295 g/mol. The lowest BCUT2D eigenvalue weighted by molar-refractivity contribution is -0.141. The summed E-state index contributed by atoms with van der Waals surface area (Å²) >= 11 is 0. The Labute approximate surface area is 128 Å². The molecule has 1 atom stereocenters. The van der Waals surface area contributed by atoms with Crippen LogP contribution in [0.4, 0.5) is 0 Å². The van der Waals surface area contributed by atoms with E-state index in [2.05, 4.69) is 10.2 Å². The maximum atomic E-state index is 12.4. The highest BCUT2D eigenvalue weighted by atomic mass is 16.2. The second kappa shape index (κ2) is 7.90. The van der Waals surface area contributed by atoms with Gasteiger partial charge in [-0.3, -0.25) is 14.5 Å². The molecule has 2 rings (SSSR count). The fourth-order valence-electron chi connectivity index (χ4n) is 3.43. The number of imide groups is 1. The van der Waals surface area contributed by atoms with Crippen molar-refractivity contribution in [3.8, 4) is 0 Å². The van der Waals surface area contributed by atoms with Gasteiger partial charge in [0, 0.05) is 19.1 Å². The van der Waals surface area contributed by atoms with E-state index >= 15 is 0 Å². The van der Waals surface area contributed by atoms with Crippen molar-refractivity contribution in [2.24, 2.45) is 0 Å². The van der Waals surface area contributed by atoms with Crippen molar-refractivity contribution in [3.05, 3.63) is 0 Å². The van der Waals surface area contributed by atoms with Gasteiger partial charge in [-0.2, -0.15) is 0 Å². The smallest absolute Gasteiger partial charge is 0.247 e. The molecule has 1 N–H and O–H groups in total. The number of piperidine rings is 1. The van der Waals surface area contributed by atoms with Gasteiger partial charge in [0.25, 0.3) is 0 Å². The van der Waals surface area contributed by atoms with Gasteiger partial charge in [-0.15, -0.1) is 0 Å². The van der Waals surface area contributed by atoms with Crippen LogP contribution in [0.1, 0.15) is 52.4 Å². The minimum atomic E-state index is -0.303. The molecule has 2 heterocycles. The van der Waals surface area contributed by atoms with E-state index in [4.69, 9.17) is 0 Å². The van der Waals surface area contributed by atoms with Crippen LogP contribution in [0, 0.1) is 0 Å². The molecule has 0 aromatic heterocycles. The van der Waals surface area contributed by atoms with Crippen LogP contribution in [0.15, 0.2) is 0 Å². The van der Waals surface area contributed by atoms with E-state index in [0.29, 0.717) is 6.42 Å². The number of carbonyl (C=O) groups is 2. The highest BCUT2D eigenvalue weighted by Crippen LogP contribution is 2.20. The molecule has 21 heavy (non-hydrogen) atoms. The Morgan fingerprint density at radius 3 is 2.43 bits per heavy atom. The zero-order chi connectivity index (χ0) is 15.2. The van der Waals surface area contributed by atoms with Gasteiger partial charge in [0.1, 0.15) is 0 Å². The molecule has 0 aliphatic carbocycles. The lowest BCUT2D eigenvalue weighted by Crippen LogP contribution is -2.45. The van der Waals surface area contributed by atoms with Crippen LogP contribution in [-0.2, 0) is 9.59 Å². The Balaban J connectivity index is 1.79. The largest absolute Gasteiger partial charge is 0.304 e. The molecule has 120 valence electrons. The highest BCUT2D eigenvalue weighted by molar-refractivity contribution is 6.05. The van der Waals surface area contributed by atoms with Crippen LogP contribution in [0.5, 0.6) is 0 Å². The van der Waals surface area contributed by atoms with E-state index in [1.165, 1.54) is 37.3 Å². The van der Waals surface area contributed by atoms with Crippen molar-refractivity contribution < 1.29 is 9.59 Å². The first kappa shape index (κ1) is 16.4. The summed E-state index contributed by atoms with van der Waals surface area (Å²) in [6.07, 6.45) is 5.91. The van der Waals surface area contributed by atoms with Gasteiger partial charge < -0.3 is 10.2 Å². The minimum Gasteiger partial charge on any atom is -0.304 e. The number of carbonyl (C=O) groups excluding carboxylic acids is 2. The van der Waals surface area contributed by atoms with Gasteiger partial charge in [0.05, 0.1) is 12.5 Å². The highest BCUT2D eigenvalue weighted by Gasteiger charge is 2.40. The van der Waals surface area contributed by atoms with Crippen molar-refractivity contribution in [1.82, 2.24) is 15.1 Å². The number of likely N-dealkylation sites (tertiary alicyclic amines) is 2. The summed E-state index contributed by atoms with van der Waals surface area (Å²) < 4.78 is 0. The van der Waals surface area contributed by atoms with Crippen LogP contribution >= 0.6 is 0 Å². The van der Waals surface area contributed by atoms with Crippen molar-refractivity contribution in [3.63, 3.8) is 0 Å². The molecule has 2 amide bonds. The summed E-state index contributed by atoms with van der Waals surface area (Å²) in [5, 5.41) is 3.29. The fraction of sp³-hybridized carbons (Fsp3) is 0.875. The lowest BCUT2D eigenvalue weighted by atomic mass is 10.1.